The molecule has 0 aliphatic carbocycles. The molecule has 1 aromatic carbocycles. The van der Waals surface area contributed by atoms with Crippen LogP contribution in [-0.4, -0.2) is 44.0 Å². The third kappa shape index (κ3) is 4.92. The van der Waals surface area contributed by atoms with Crippen molar-refractivity contribution < 1.29 is 18.3 Å². The summed E-state index contributed by atoms with van der Waals surface area (Å²) in [7, 11) is 1.46. The molecule has 1 rings (SSSR count). The van der Waals surface area contributed by atoms with Gasteiger partial charge in [0.15, 0.2) is 0 Å². The van der Waals surface area contributed by atoms with E-state index < -0.39 is 18.9 Å². The van der Waals surface area contributed by atoms with Gasteiger partial charge in [-0.2, -0.15) is 0 Å². The summed E-state index contributed by atoms with van der Waals surface area (Å²) in [6, 6.07) is 6.61. The Hall–Kier alpha value is -1.53. The zero-order chi connectivity index (χ0) is 14.3. The van der Waals surface area contributed by atoms with Crippen molar-refractivity contribution >= 4 is 5.91 Å². The van der Waals surface area contributed by atoms with Gasteiger partial charge in [-0.1, -0.05) is 12.1 Å². The molecule has 2 N–H and O–H groups in total. The molecule has 0 unspecified atom stereocenters. The lowest BCUT2D eigenvalue weighted by molar-refractivity contribution is 0.0478. The van der Waals surface area contributed by atoms with E-state index in [0.717, 1.165) is 10.5 Å². The van der Waals surface area contributed by atoms with E-state index in [1.54, 1.807) is 24.3 Å². The Bertz CT molecular complexity index is 396. The molecule has 0 atom stereocenters. The van der Waals surface area contributed by atoms with Gasteiger partial charge in [0.25, 0.3) is 12.3 Å². The molecule has 0 aliphatic rings. The maximum atomic E-state index is 12.5. The van der Waals surface area contributed by atoms with Crippen molar-refractivity contribution in [2.24, 2.45) is 5.73 Å². The van der Waals surface area contributed by atoms with E-state index in [9.17, 15) is 13.6 Å². The van der Waals surface area contributed by atoms with E-state index in [1.165, 1.54) is 7.11 Å². The van der Waals surface area contributed by atoms with E-state index in [4.69, 9.17) is 10.5 Å². The fourth-order valence-corrected chi connectivity index (χ4v) is 1.61. The van der Waals surface area contributed by atoms with Crippen molar-refractivity contribution in [3.8, 4) is 0 Å². The molecule has 0 saturated carbocycles. The number of alkyl halides is 2. The Morgan fingerprint density at radius 2 is 2.00 bits per heavy atom. The van der Waals surface area contributed by atoms with Crippen molar-refractivity contribution in [2.75, 3.05) is 26.8 Å². The molecule has 4 nitrogen and oxygen atoms in total. The Balaban J connectivity index is 2.78. The van der Waals surface area contributed by atoms with Crippen LogP contribution in [-0.2, 0) is 11.3 Å². The summed E-state index contributed by atoms with van der Waals surface area (Å²) in [5.41, 5.74) is 6.71. The number of nitrogens with two attached hydrogens (primary N) is 1. The first kappa shape index (κ1) is 15.5. The fourth-order valence-electron chi connectivity index (χ4n) is 1.61. The number of nitrogens with zero attached hydrogens (tertiary/aromatic N) is 1. The summed E-state index contributed by atoms with van der Waals surface area (Å²) in [6.45, 7) is 0.136. The van der Waals surface area contributed by atoms with E-state index in [-0.39, 0.29) is 13.2 Å². The second-order valence-corrected chi connectivity index (χ2v) is 4.04. The Labute approximate surface area is 111 Å². The second-order valence-electron chi connectivity index (χ2n) is 4.04. The van der Waals surface area contributed by atoms with Crippen LogP contribution in [0.1, 0.15) is 15.9 Å². The molecule has 6 heteroatoms. The van der Waals surface area contributed by atoms with Crippen LogP contribution in [0.15, 0.2) is 24.3 Å². The normalized spacial score (nSPS) is 10.8. The molecule has 0 heterocycles. The summed E-state index contributed by atoms with van der Waals surface area (Å²) in [4.78, 5) is 13.2. The molecular weight excluding hydrogens is 254 g/mol. The predicted octanol–water partition coefficient (Wildman–Crippen LogP) is 1.50. The molecule has 106 valence electrons. The number of carbonyl (C=O) groups is 1. The third-order valence-corrected chi connectivity index (χ3v) is 2.65. The lowest BCUT2D eigenvalue weighted by atomic mass is 10.1. The van der Waals surface area contributed by atoms with E-state index in [2.05, 4.69) is 0 Å². The number of hydrogen-bond acceptors (Lipinski definition) is 3. The molecule has 19 heavy (non-hydrogen) atoms. The lowest BCUT2D eigenvalue weighted by Gasteiger charge is -2.22. The topological polar surface area (TPSA) is 55.6 Å². The molecule has 0 aromatic heterocycles. The number of halogens is 2. The maximum Gasteiger partial charge on any atom is 0.255 e. The SMILES string of the molecule is COCCN(CC(F)F)C(=O)c1ccc(CN)cc1. The minimum Gasteiger partial charge on any atom is -0.383 e. The van der Waals surface area contributed by atoms with E-state index in [1.807, 2.05) is 0 Å². The summed E-state index contributed by atoms with van der Waals surface area (Å²) >= 11 is 0. The average Bonchev–Trinajstić information content (AvgIpc) is 2.42. The zero-order valence-electron chi connectivity index (χ0n) is 10.8. The number of carbonyl (C=O) groups excluding carboxylic acids is 1. The van der Waals surface area contributed by atoms with Crippen LogP contribution < -0.4 is 5.73 Å². The van der Waals surface area contributed by atoms with Gasteiger partial charge in [-0.3, -0.25) is 4.79 Å². The molecule has 0 radical (unpaired) electrons. The zero-order valence-corrected chi connectivity index (χ0v) is 10.8. The van der Waals surface area contributed by atoms with Gasteiger partial charge in [-0.25, -0.2) is 8.78 Å². The highest BCUT2D eigenvalue weighted by atomic mass is 19.3. The summed E-state index contributed by atoms with van der Waals surface area (Å²) in [5.74, 6) is -0.430. The van der Waals surface area contributed by atoms with Crippen molar-refractivity contribution in [1.82, 2.24) is 4.90 Å². The van der Waals surface area contributed by atoms with Crippen molar-refractivity contribution in [1.29, 1.82) is 0 Å². The monoisotopic (exact) mass is 272 g/mol. The first-order chi connectivity index (χ1) is 9.08. The maximum absolute atomic E-state index is 12.5. The number of hydrogen-bond donors (Lipinski definition) is 1. The molecular formula is C13H18F2N2O2. The van der Waals surface area contributed by atoms with Gasteiger partial charge in [0.05, 0.1) is 13.2 Å². The van der Waals surface area contributed by atoms with Crippen LogP contribution in [0.4, 0.5) is 8.78 Å². The summed E-state index contributed by atoms with van der Waals surface area (Å²) in [5, 5.41) is 0. The predicted molar refractivity (Wildman–Crippen MR) is 68.1 cm³/mol. The van der Waals surface area contributed by atoms with Crippen LogP contribution in [0.2, 0.25) is 0 Å². The standard InChI is InChI=1S/C13H18F2N2O2/c1-19-7-6-17(9-12(14)15)13(18)11-4-2-10(8-16)3-5-11/h2-5,12H,6-9,16H2,1H3. The van der Waals surface area contributed by atoms with E-state index in [0.29, 0.717) is 12.1 Å². The van der Waals surface area contributed by atoms with Crippen LogP contribution in [0, 0.1) is 0 Å². The van der Waals surface area contributed by atoms with Gasteiger partial charge in [0.1, 0.15) is 0 Å². The molecule has 0 bridgehead atoms. The fraction of sp³-hybridized carbons (Fsp3) is 0.462. The highest BCUT2D eigenvalue weighted by Gasteiger charge is 2.19. The second kappa shape index (κ2) is 7.81. The largest absolute Gasteiger partial charge is 0.383 e. The Kier molecular flexibility index (Phi) is 6.38. The van der Waals surface area contributed by atoms with Crippen molar-refractivity contribution in [3.05, 3.63) is 35.4 Å². The Morgan fingerprint density at radius 3 is 2.47 bits per heavy atom. The minimum absolute atomic E-state index is 0.137. The van der Waals surface area contributed by atoms with Crippen LogP contribution in [0.5, 0.6) is 0 Å². The third-order valence-electron chi connectivity index (χ3n) is 2.65. The van der Waals surface area contributed by atoms with Gasteiger partial charge in [-0.15, -0.1) is 0 Å². The number of benzene rings is 1. The van der Waals surface area contributed by atoms with Gasteiger partial charge in [-0.05, 0) is 17.7 Å². The molecule has 1 aromatic rings. The molecule has 0 aliphatic heterocycles. The molecule has 0 saturated heterocycles. The minimum atomic E-state index is -2.57. The number of ether oxygens (including phenoxy) is 1. The average molecular weight is 272 g/mol. The Morgan fingerprint density at radius 1 is 1.37 bits per heavy atom. The van der Waals surface area contributed by atoms with Gasteiger partial charge in [0.2, 0.25) is 0 Å². The molecule has 0 fully saturated rings. The van der Waals surface area contributed by atoms with Crippen LogP contribution in [0.25, 0.3) is 0 Å². The summed E-state index contributed by atoms with van der Waals surface area (Å²) < 4.78 is 29.7. The molecule has 0 spiro atoms. The smallest absolute Gasteiger partial charge is 0.255 e. The van der Waals surface area contributed by atoms with Crippen molar-refractivity contribution in [2.45, 2.75) is 13.0 Å². The van der Waals surface area contributed by atoms with Crippen LogP contribution >= 0.6 is 0 Å². The first-order valence-electron chi connectivity index (χ1n) is 5.93. The van der Waals surface area contributed by atoms with Crippen LogP contribution in [0.3, 0.4) is 0 Å². The quantitative estimate of drug-likeness (QED) is 0.818. The van der Waals surface area contributed by atoms with Gasteiger partial charge < -0.3 is 15.4 Å². The highest BCUT2D eigenvalue weighted by molar-refractivity contribution is 5.94. The number of amides is 1. The van der Waals surface area contributed by atoms with Gasteiger partial charge >= 0.3 is 0 Å². The van der Waals surface area contributed by atoms with Gasteiger partial charge in [0, 0.05) is 25.8 Å². The lowest BCUT2D eigenvalue weighted by Crippen LogP contribution is -2.37. The number of methoxy groups -OCH3 is 1. The first-order valence-corrected chi connectivity index (χ1v) is 5.93. The van der Waals surface area contributed by atoms with E-state index >= 15 is 0 Å². The highest BCUT2D eigenvalue weighted by Crippen LogP contribution is 2.09. The number of rotatable bonds is 7. The summed E-state index contributed by atoms with van der Waals surface area (Å²) in [6.07, 6.45) is -2.57. The van der Waals surface area contributed by atoms with Crippen molar-refractivity contribution in [3.63, 3.8) is 0 Å². The molecule has 1 amide bonds.